The minimum atomic E-state index is -0.0595. The Labute approximate surface area is 314 Å². The second-order valence-corrected chi connectivity index (χ2v) is 16.5. The van der Waals surface area contributed by atoms with E-state index in [-0.39, 0.29) is 37.6 Å². The molecule has 0 unspecified atom stereocenters. The van der Waals surface area contributed by atoms with Crippen LogP contribution in [-0.4, -0.2) is 15.1 Å². The van der Waals surface area contributed by atoms with Gasteiger partial charge in [0.2, 0.25) is 0 Å². The number of aryl methyl sites for hydroxylation is 3. The predicted octanol–water partition coefficient (Wildman–Crippen LogP) is 12.5. The molecule has 0 bridgehead atoms. The van der Waals surface area contributed by atoms with Crippen molar-refractivity contribution in [3.8, 4) is 49.7 Å². The second kappa shape index (κ2) is 13.2. The van der Waals surface area contributed by atoms with Crippen molar-refractivity contribution in [2.75, 3.05) is 0 Å². The van der Waals surface area contributed by atoms with Gasteiger partial charge in [0.1, 0.15) is 10.8 Å². The van der Waals surface area contributed by atoms with E-state index in [0.717, 1.165) is 70.6 Å². The summed E-state index contributed by atoms with van der Waals surface area (Å²) >= 11 is 1.63. The molecule has 5 aromatic carbocycles. The fraction of sp³-hybridized carbons (Fsp3) is 0.244. The third-order valence-corrected chi connectivity index (χ3v) is 10.6. The molecule has 0 saturated heterocycles. The number of nitrogens with zero attached hydrogens (tertiary/aromatic N) is 2. The van der Waals surface area contributed by atoms with Gasteiger partial charge in [-0.15, -0.1) is 46.2 Å². The molecule has 0 aliphatic carbocycles. The van der Waals surface area contributed by atoms with E-state index in [1.807, 2.05) is 18.3 Å². The van der Waals surface area contributed by atoms with E-state index in [2.05, 4.69) is 135 Å². The SMILES string of the molecule is Cc1cc(-c2cc(C(C)(C)C)cc3cccnc23)[c-]c(-c2cc(-c3c(C)cccc3C)cc3sc(-c4cc(C(C)(C)C)ccc4O)nc23)c1.[Pt]. The normalized spacial score (nSPS) is 12.0. The van der Waals surface area contributed by atoms with Crippen LogP contribution in [0.5, 0.6) is 5.75 Å². The summed E-state index contributed by atoms with van der Waals surface area (Å²) in [5.74, 6) is 0.242. The maximum atomic E-state index is 11.1. The van der Waals surface area contributed by atoms with Crippen molar-refractivity contribution in [3.63, 3.8) is 0 Å². The molecule has 7 aromatic rings. The zero-order chi connectivity index (χ0) is 34.8. The third kappa shape index (κ3) is 6.69. The first-order valence-electron chi connectivity index (χ1n) is 17.0. The van der Waals surface area contributed by atoms with Crippen LogP contribution in [0.15, 0.2) is 91.1 Å². The molecule has 0 spiro atoms. The van der Waals surface area contributed by atoms with Crippen LogP contribution in [0.25, 0.3) is 65.1 Å². The molecule has 1 N–H and O–H groups in total. The first kappa shape index (κ1) is 35.7. The van der Waals surface area contributed by atoms with Crippen molar-refractivity contribution in [3.05, 3.63) is 125 Å². The van der Waals surface area contributed by atoms with Gasteiger partial charge in [-0.1, -0.05) is 108 Å². The average Bonchev–Trinajstić information content (AvgIpc) is 3.47. The molecule has 0 saturated carbocycles. The van der Waals surface area contributed by atoms with E-state index in [1.54, 1.807) is 17.4 Å². The van der Waals surface area contributed by atoms with Crippen molar-refractivity contribution in [2.45, 2.75) is 73.1 Å². The van der Waals surface area contributed by atoms with E-state index in [9.17, 15) is 5.11 Å². The van der Waals surface area contributed by atoms with Crippen LogP contribution >= 0.6 is 11.3 Å². The molecular weight excluding hydrogens is 812 g/mol. The van der Waals surface area contributed by atoms with Crippen molar-refractivity contribution < 1.29 is 26.2 Å². The van der Waals surface area contributed by atoms with Gasteiger partial charge in [0, 0.05) is 37.5 Å². The van der Waals surface area contributed by atoms with Crippen molar-refractivity contribution in [2.24, 2.45) is 0 Å². The van der Waals surface area contributed by atoms with Crippen LogP contribution in [0.4, 0.5) is 0 Å². The number of hydrogen-bond donors (Lipinski definition) is 1. The van der Waals surface area contributed by atoms with E-state index < -0.39 is 0 Å². The number of rotatable bonds is 4. The molecule has 5 heteroatoms. The van der Waals surface area contributed by atoms with Crippen LogP contribution in [-0.2, 0) is 31.9 Å². The van der Waals surface area contributed by atoms with Crippen LogP contribution < -0.4 is 0 Å². The molecule has 0 aliphatic heterocycles. The van der Waals surface area contributed by atoms with Crippen molar-refractivity contribution >= 4 is 32.5 Å². The number of fused-ring (bicyclic) bond motifs is 2. The average molecular weight is 855 g/mol. The van der Waals surface area contributed by atoms with Crippen LogP contribution in [0.2, 0.25) is 0 Å². The monoisotopic (exact) mass is 854 g/mol. The number of aromatic hydroxyl groups is 1. The number of hydrogen-bond acceptors (Lipinski definition) is 4. The minimum Gasteiger partial charge on any atom is -0.507 e. The van der Waals surface area contributed by atoms with E-state index in [4.69, 9.17) is 9.97 Å². The Morgan fingerprint density at radius 2 is 1.30 bits per heavy atom. The molecular formula is C45H43N2OPtS-. The first-order chi connectivity index (χ1) is 23.2. The standard InChI is InChI=1S/C45H43N2OS.Pt/c1-26-18-30(20-31(19-26)36-25-34(45(7,8)9)21-29-14-11-17-46-41(29)36)35-22-32(40-27(2)12-10-13-28(40)3)23-39-42(35)47-43(49-39)37-24-33(44(4,5)6)15-16-38(37)48;/h10-19,21-25,48H,1-9H3;/q-1;. The molecule has 0 fully saturated rings. The van der Waals surface area contributed by atoms with Crippen LogP contribution in [0.1, 0.15) is 69.4 Å². The topological polar surface area (TPSA) is 46.0 Å². The molecule has 50 heavy (non-hydrogen) atoms. The Bertz CT molecular complexity index is 2390. The van der Waals surface area contributed by atoms with Gasteiger partial charge in [-0.2, -0.15) is 0 Å². The number of phenolic OH excluding ortho intramolecular Hbond substituents is 1. The molecule has 3 nitrogen and oxygen atoms in total. The summed E-state index contributed by atoms with van der Waals surface area (Å²) in [5, 5.41) is 13.0. The Morgan fingerprint density at radius 1 is 0.660 bits per heavy atom. The summed E-state index contributed by atoms with van der Waals surface area (Å²) in [4.78, 5) is 10.1. The van der Waals surface area contributed by atoms with Gasteiger partial charge in [0.25, 0.3) is 0 Å². The number of benzene rings is 5. The number of pyridine rings is 1. The quantitative estimate of drug-likeness (QED) is 0.179. The van der Waals surface area contributed by atoms with Gasteiger partial charge in [0.05, 0.1) is 11.1 Å². The zero-order valence-corrected chi connectivity index (χ0v) is 33.3. The Hall–Kier alpha value is -4.11. The van der Waals surface area contributed by atoms with Crippen molar-refractivity contribution in [1.29, 1.82) is 0 Å². The fourth-order valence-corrected chi connectivity index (χ4v) is 7.83. The van der Waals surface area contributed by atoms with E-state index in [0.29, 0.717) is 0 Å². The van der Waals surface area contributed by atoms with E-state index in [1.165, 1.54) is 22.3 Å². The fourth-order valence-electron chi connectivity index (χ4n) is 6.77. The van der Waals surface area contributed by atoms with Gasteiger partial charge in [-0.25, -0.2) is 4.98 Å². The van der Waals surface area contributed by atoms with Gasteiger partial charge in [-0.05, 0) is 87.7 Å². The summed E-state index contributed by atoms with van der Waals surface area (Å²) in [6.07, 6.45) is 1.87. The molecule has 0 radical (unpaired) electrons. The zero-order valence-electron chi connectivity index (χ0n) is 30.2. The van der Waals surface area contributed by atoms with E-state index >= 15 is 0 Å². The van der Waals surface area contributed by atoms with Crippen LogP contribution in [0.3, 0.4) is 0 Å². The molecule has 7 rings (SSSR count). The summed E-state index contributed by atoms with van der Waals surface area (Å²) < 4.78 is 1.07. The molecule has 0 atom stereocenters. The van der Waals surface area contributed by atoms with Gasteiger partial charge in [-0.3, -0.25) is 4.98 Å². The molecule has 256 valence electrons. The maximum absolute atomic E-state index is 11.1. The van der Waals surface area contributed by atoms with Crippen LogP contribution in [0, 0.1) is 26.8 Å². The summed E-state index contributed by atoms with van der Waals surface area (Å²) in [7, 11) is 0. The van der Waals surface area contributed by atoms with Gasteiger partial charge < -0.3 is 5.11 Å². The smallest absolute Gasteiger partial charge is 0.127 e. The molecule has 2 aromatic heterocycles. The number of phenols is 1. The molecule has 0 amide bonds. The Kier molecular flexibility index (Phi) is 9.44. The summed E-state index contributed by atoms with van der Waals surface area (Å²) in [6, 6.07) is 33.9. The largest absolute Gasteiger partial charge is 0.507 e. The Morgan fingerprint density at radius 3 is 1.96 bits per heavy atom. The predicted molar refractivity (Wildman–Crippen MR) is 209 cm³/mol. The third-order valence-electron chi connectivity index (χ3n) is 9.52. The number of thiazole rings is 1. The molecule has 2 heterocycles. The molecule has 0 aliphatic rings. The number of aromatic nitrogens is 2. The van der Waals surface area contributed by atoms with Gasteiger partial charge in [0.15, 0.2) is 0 Å². The summed E-state index contributed by atoms with van der Waals surface area (Å²) in [5.41, 5.74) is 15.1. The Balaban J connectivity index is 0.00000432. The van der Waals surface area contributed by atoms with Crippen molar-refractivity contribution in [1.82, 2.24) is 9.97 Å². The van der Waals surface area contributed by atoms with Gasteiger partial charge >= 0.3 is 0 Å². The summed E-state index contributed by atoms with van der Waals surface area (Å²) in [6.45, 7) is 19.8. The second-order valence-electron chi connectivity index (χ2n) is 15.5. The minimum absolute atomic E-state index is 0. The maximum Gasteiger partial charge on any atom is 0.127 e. The first-order valence-corrected chi connectivity index (χ1v) is 17.8.